The molecular weight excluding hydrogens is 308 g/mol. The Hall–Kier alpha value is -3.15. The van der Waals surface area contributed by atoms with Gasteiger partial charge in [0.25, 0.3) is 0 Å². The van der Waals surface area contributed by atoms with Gasteiger partial charge in [0, 0.05) is 17.7 Å². The van der Waals surface area contributed by atoms with Gasteiger partial charge in [0.15, 0.2) is 5.78 Å². The van der Waals surface area contributed by atoms with Crippen LogP contribution in [0.5, 0.6) is 0 Å². The second-order valence-electron chi connectivity index (χ2n) is 5.41. The predicted octanol–water partition coefficient (Wildman–Crippen LogP) is 1.64. The maximum atomic E-state index is 12.3. The summed E-state index contributed by atoms with van der Waals surface area (Å²) in [5.41, 5.74) is 1.95. The van der Waals surface area contributed by atoms with E-state index in [2.05, 4.69) is 10.6 Å². The van der Waals surface area contributed by atoms with Crippen molar-refractivity contribution in [2.75, 3.05) is 6.54 Å². The normalized spacial score (nSPS) is 15.8. The minimum Gasteiger partial charge on any atom is -0.445 e. The van der Waals surface area contributed by atoms with Crippen molar-refractivity contribution in [1.29, 1.82) is 0 Å². The zero-order chi connectivity index (χ0) is 16.9. The average molecular weight is 324 g/mol. The molecule has 1 aliphatic heterocycles. The Morgan fingerprint density at radius 1 is 1.04 bits per heavy atom. The van der Waals surface area contributed by atoms with Gasteiger partial charge in [-0.1, -0.05) is 54.6 Å². The summed E-state index contributed by atoms with van der Waals surface area (Å²) in [4.78, 5) is 34.9. The largest absolute Gasteiger partial charge is 0.445 e. The zero-order valence-corrected chi connectivity index (χ0v) is 12.8. The van der Waals surface area contributed by atoms with E-state index in [0.717, 1.165) is 5.56 Å². The molecule has 0 radical (unpaired) electrons. The lowest BCUT2D eigenvalue weighted by Gasteiger charge is -2.26. The van der Waals surface area contributed by atoms with Crippen molar-refractivity contribution in [3.05, 3.63) is 71.3 Å². The molecule has 0 unspecified atom stereocenters. The molecule has 1 aliphatic rings. The number of hydrogen-bond donors (Lipinski definition) is 2. The topological polar surface area (TPSA) is 84.5 Å². The van der Waals surface area contributed by atoms with Crippen LogP contribution in [-0.2, 0) is 16.1 Å². The van der Waals surface area contributed by atoms with Crippen molar-refractivity contribution in [1.82, 2.24) is 10.6 Å². The van der Waals surface area contributed by atoms with E-state index in [0.29, 0.717) is 17.7 Å². The summed E-state index contributed by atoms with van der Waals surface area (Å²) < 4.78 is 5.05. The molecule has 3 rings (SSSR count). The van der Waals surface area contributed by atoms with Gasteiger partial charge in [-0.25, -0.2) is 4.79 Å². The van der Waals surface area contributed by atoms with Gasteiger partial charge in [-0.05, 0) is 5.56 Å². The van der Waals surface area contributed by atoms with Crippen LogP contribution in [0.15, 0.2) is 54.6 Å². The summed E-state index contributed by atoms with van der Waals surface area (Å²) in [5.74, 6) is -0.271. The number of ketones is 1. The first kappa shape index (κ1) is 15.7. The van der Waals surface area contributed by atoms with Gasteiger partial charge in [0.05, 0.1) is 0 Å². The Morgan fingerprint density at radius 3 is 2.29 bits per heavy atom. The highest BCUT2D eigenvalue weighted by Crippen LogP contribution is 2.12. The quantitative estimate of drug-likeness (QED) is 0.647. The molecule has 2 amide bonds. The van der Waals surface area contributed by atoms with Crippen LogP contribution < -0.4 is 10.6 Å². The second kappa shape index (κ2) is 6.95. The average Bonchev–Trinajstić information content (AvgIpc) is 2.63. The van der Waals surface area contributed by atoms with E-state index >= 15 is 0 Å². The molecule has 2 N–H and O–H groups in total. The lowest BCUT2D eigenvalue weighted by molar-refractivity contribution is -0.128. The summed E-state index contributed by atoms with van der Waals surface area (Å²) in [6, 6.07) is 15.4. The van der Waals surface area contributed by atoms with Gasteiger partial charge in [0.1, 0.15) is 12.6 Å². The van der Waals surface area contributed by atoms with E-state index in [1.165, 1.54) is 0 Å². The van der Waals surface area contributed by atoms with Gasteiger partial charge in [-0.15, -0.1) is 0 Å². The molecule has 0 bridgehead atoms. The van der Waals surface area contributed by atoms with Gasteiger partial charge in [0.2, 0.25) is 5.91 Å². The molecule has 122 valence electrons. The van der Waals surface area contributed by atoms with Crippen LogP contribution in [0.4, 0.5) is 4.79 Å². The van der Waals surface area contributed by atoms with Gasteiger partial charge in [-0.2, -0.15) is 0 Å². The lowest BCUT2D eigenvalue weighted by atomic mass is 10.0. The number of rotatable bonds is 5. The summed E-state index contributed by atoms with van der Waals surface area (Å²) in [6.07, 6.45) is -0.640. The van der Waals surface area contributed by atoms with Crippen molar-refractivity contribution < 1.29 is 19.1 Å². The number of carbonyl (C=O) groups excluding carboxylic acids is 3. The fourth-order valence-corrected chi connectivity index (χ4v) is 2.25. The van der Waals surface area contributed by atoms with E-state index in [-0.39, 0.29) is 18.3 Å². The summed E-state index contributed by atoms with van der Waals surface area (Å²) in [7, 11) is 0. The smallest absolute Gasteiger partial charge is 0.408 e. The molecule has 6 nitrogen and oxygen atoms in total. The SMILES string of the molecule is O=C(N[C@H]1CNC1=O)OCc1ccc(C(=O)c2ccccc2)cc1. The maximum absolute atomic E-state index is 12.3. The van der Waals surface area contributed by atoms with E-state index in [9.17, 15) is 14.4 Å². The number of ether oxygens (including phenoxy) is 1. The Bertz CT molecular complexity index is 756. The molecule has 2 aromatic carbocycles. The minimum atomic E-state index is -0.640. The molecule has 0 spiro atoms. The number of benzene rings is 2. The zero-order valence-electron chi connectivity index (χ0n) is 12.8. The Kier molecular flexibility index (Phi) is 4.56. The molecule has 0 saturated carbocycles. The Labute approximate surface area is 138 Å². The van der Waals surface area contributed by atoms with Crippen LogP contribution in [-0.4, -0.2) is 30.4 Å². The van der Waals surface area contributed by atoms with Gasteiger partial charge < -0.3 is 15.4 Å². The van der Waals surface area contributed by atoms with E-state index < -0.39 is 12.1 Å². The first-order valence-electron chi connectivity index (χ1n) is 7.53. The van der Waals surface area contributed by atoms with Crippen molar-refractivity contribution in [3.8, 4) is 0 Å². The molecule has 1 atom stereocenters. The number of nitrogens with one attached hydrogen (secondary N) is 2. The van der Waals surface area contributed by atoms with Crippen LogP contribution in [0.2, 0.25) is 0 Å². The molecule has 24 heavy (non-hydrogen) atoms. The molecule has 1 heterocycles. The summed E-state index contributed by atoms with van der Waals surface area (Å²) in [5, 5.41) is 4.99. The van der Waals surface area contributed by atoms with Crippen LogP contribution in [0.25, 0.3) is 0 Å². The Balaban J connectivity index is 1.54. The first-order chi connectivity index (χ1) is 11.6. The van der Waals surface area contributed by atoms with Crippen LogP contribution in [0, 0.1) is 0 Å². The number of hydrogen-bond acceptors (Lipinski definition) is 4. The molecule has 1 saturated heterocycles. The highest BCUT2D eigenvalue weighted by atomic mass is 16.5. The molecule has 6 heteroatoms. The number of alkyl carbamates (subject to hydrolysis) is 1. The highest BCUT2D eigenvalue weighted by Gasteiger charge is 2.29. The lowest BCUT2D eigenvalue weighted by Crippen LogP contribution is -2.61. The van der Waals surface area contributed by atoms with Crippen molar-refractivity contribution >= 4 is 17.8 Å². The fraction of sp³-hybridized carbons (Fsp3) is 0.167. The molecule has 0 aliphatic carbocycles. The van der Waals surface area contributed by atoms with Gasteiger partial charge in [-0.3, -0.25) is 9.59 Å². The van der Waals surface area contributed by atoms with Crippen LogP contribution >= 0.6 is 0 Å². The standard InChI is InChI=1S/C18H16N2O4/c21-16(13-4-2-1-3-5-13)14-8-6-12(7-9-14)11-24-18(23)20-15-10-19-17(15)22/h1-9,15H,10-11H2,(H,19,22)(H,20,23)/t15-/m0/s1. The van der Waals surface area contributed by atoms with Crippen molar-refractivity contribution in [3.63, 3.8) is 0 Å². The highest BCUT2D eigenvalue weighted by molar-refractivity contribution is 6.08. The number of carbonyl (C=O) groups is 3. The third kappa shape index (κ3) is 3.60. The van der Waals surface area contributed by atoms with Crippen LogP contribution in [0.1, 0.15) is 21.5 Å². The van der Waals surface area contributed by atoms with Crippen molar-refractivity contribution in [2.45, 2.75) is 12.6 Å². The summed E-state index contributed by atoms with van der Waals surface area (Å²) in [6.45, 7) is 0.490. The second-order valence-corrected chi connectivity index (χ2v) is 5.41. The van der Waals surface area contributed by atoms with Crippen molar-refractivity contribution in [2.24, 2.45) is 0 Å². The number of β-lactam (4-membered cyclic amide) rings is 1. The maximum Gasteiger partial charge on any atom is 0.408 e. The summed E-state index contributed by atoms with van der Waals surface area (Å²) >= 11 is 0. The van der Waals surface area contributed by atoms with E-state index in [1.807, 2.05) is 18.2 Å². The van der Waals surface area contributed by atoms with E-state index in [4.69, 9.17) is 4.74 Å². The minimum absolute atomic E-state index is 0.0585. The molecular formula is C18H16N2O4. The molecule has 0 aromatic heterocycles. The third-order valence-corrected chi connectivity index (χ3v) is 3.71. The van der Waals surface area contributed by atoms with Gasteiger partial charge >= 0.3 is 6.09 Å². The first-order valence-corrected chi connectivity index (χ1v) is 7.53. The predicted molar refractivity (Wildman–Crippen MR) is 86.4 cm³/mol. The molecule has 2 aromatic rings. The van der Waals surface area contributed by atoms with Crippen LogP contribution in [0.3, 0.4) is 0 Å². The third-order valence-electron chi connectivity index (χ3n) is 3.71. The number of amides is 2. The monoisotopic (exact) mass is 324 g/mol. The Morgan fingerprint density at radius 2 is 1.71 bits per heavy atom. The fourth-order valence-electron chi connectivity index (χ4n) is 2.25. The van der Waals surface area contributed by atoms with E-state index in [1.54, 1.807) is 36.4 Å². The molecule has 1 fully saturated rings.